The SMILES string of the molecule is COc1cccc(CNS(=O)(=O)c2ccc3c(c2)NC(=O)CO3)c1. The van der Waals surface area contributed by atoms with Crippen molar-refractivity contribution in [3.63, 3.8) is 0 Å². The Balaban J connectivity index is 1.78. The van der Waals surface area contributed by atoms with Crippen LogP contribution in [0.4, 0.5) is 5.69 Å². The van der Waals surface area contributed by atoms with E-state index in [1.165, 1.54) is 18.2 Å². The highest BCUT2D eigenvalue weighted by atomic mass is 32.2. The van der Waals surface area contributed by atoms with Gasteiger partial charge in [-0.15, -0.1) is 0 Å². The van der Waals surface area contributed by atoms with E-state index in [1.807, 2.05) is 0 Å². The Kier molecular flexibility index (Phi) is 4.41. The van der Waals surface area contributed by atoms with Crippen molar-refractivity contribution in [1.29, 1.82) is 0 Å². The van der Waals surface area contributed by atoms with E-state index in [1.54, 1.807) is 31.4 Å². The van der Waals surface area contributed by atoms with Crippen LogP contribution in [0, 0.1) is 0 Å². The Bertz CT molecular complexity index is 880. The standard InChI is InChI=1S/C16H16N2O5S/c1-22-12-4-2-3-11(7-12)9-17-24(20,21)13-5-6-15-14(8-13)18-16(19)10-23-15/h2-8,17H,9-10H2,1H3,(H,18,19). The number of fused-ring (bicyclic) bond motifs is 1. The van der Waals surface area contributed by atoms with Crippen molar-refractivity contribution in [2.45, 2.75) is 11.4 Å². The van der Waals surface area contributed by atoms with Gasteiger partial charge in [-0.1, -0.05) is 12.1 Å². The molecule has 0 aliphatic carbocycles. The Hall–Kier alpha value is -2.58. The maximum absolute atomic E-state index is 12.4. The molecule has 1 aliphatic heterocycles. The van der Waals surface area contributed by atoms with E-state index in [0.29, 0.717) is 17.2 Å². The molecule has 2 aromatic rings. The second-order valence-electron chi connectivity index (χ2n) is 5.17. The van der Waals surface area contributed by atoms with Gasteiger partial charge in [0.2, 0.25) is 10.0 Å². The van der Waals surface area contributed by atoms with Gasteiger partial charge in [0.25, 0.3) is 5.91 Å². The van der Waals surface area contributed by atoms with Crippen molar-refractivity contribution in [3.8, 4) is 11.5 Å². The largest absolute Gasteiger partial charge is 0.497 e. The molecular formula is C16H16N2O5S. The molecule has 0 atom stereocenters. The molecule has 0 saturated heterocycles. The van der Waals surface area contributed by atoms with Gasteiger partial charge in [0, 0.05) is 6.54 Å². The molecule has 2 aromatic carbocycles. The first-order valence-corrected chi connectivity index (χ1v) is 8.65. The van der Waals surface area contributed by atoms with Gasteiger partial charge < -0.3 is 14.8 Å². The summed E-state index contributed by atoms with van der Waals surface area (Å²) in [6.07, 6.45) is 0. The number of ether oxygens (including phenoxy) is 2. The van der Waals surface area contributed by atoms with E-state index >= 15 is 0 Å². The molecular weight excluding hydrogens is 332 g/mol. The third-order valence-corrected chi connectivity index (χ3v) is 4.89. The highest BCUT2D eigenvalue weighted by Gasteiger charge is 2.20. The zero-order valence-electron chi connectivity index (χ0n) is 12.9. The van der Waals surface area contributed by atoms with Crippen LogP contribution in [-0.4, -0.2) is 28.0 Å². The van der Waals surface area contributed by atoms with Crippen molar-refractivity contribution < 1.29 is 22.7 Å². The molecule has 7 nitrogen and oxygen atoms in total. The van der Waals surface area contributed by atoms with Crippen molar-refractivity contribution in [2.24, 2.45) is 0 Å². The summed E-state index contributed by atoms with van der Waals surface area (Å²) in [5.74, 6) is 0.781. The summed E-state index contributed by atoms with van der Waals surface area (Å²) < 4.78 is 37.7. The molecule has 0 aromatic heterocycles. The zero-order chi connectivity index (χ0) is 17.2. The van der Waals surface area contributed by atoms with Crippen molar-refractivity contribution in [1.82, 2.24) is 4.72 Å². The molecule has 2 N–H and O–H groups in total. The van der Waals surface area contributed by atoms with E-state index < -0.39 is 10.0 Å². The number of hydrogen-bond acceptors (Lipinski definition) is 5. The molecule has 126 valence electrons. The van der Waals surface area contributed by atoms with Crippen LogP contribution in [0.2, 0.25) is 0 Å². The van der Waals surface area contributed by atoms with Gasteiger partial charge in [0.15, 0.2) is 6.61 Å². The maximum Gasteiger partial charge on any atom is 0.262 e. The lowest BCUT2D eigenvalue weighted by Gasteiger charge is -2.18. The summed E-state index contributed by atoms with van der Waals surface area (Å²) in [6.45, 7) is 0.0483. The summed E-state index contributed by atoms with van der Waals surface area (Å²) in [5.41, 5.74) is 1.11. The Morgan fingerprint density at radius 2 is 2.08 bits per heavy atom. The molecule has 1 heterocycles. The number of carbonyl (C=O) groups excluding carboxylic acids is 1. The molecule has 0 fully saturated rings. The second kappa shape index (κ2) is 6.50. The lowest BCUT2D eigenvalue weighted by atomic mass is 10.2. The first-order chi connectivity index (χ1) is 11.5. The van der Waals surface area contributed by atoms with Gasteiger partial charge in [-0.3, -0.25) is 4.79 Å². The molecule has 0 saturated carbocycles. The predicted octanol–water partition coefficient (Wildman–Crippen LogP) is 1.50. The quantitative estimate of drug-likeness (QED) is 0.854. The first kappa shape index (κ1) is 16.3. The fourth-order valence-corrected chi connectivity index (χ4v) is 3.32. The molecule has 24 heavy (non-hydrogen) atoms. The number of methoxy groups -OCH3 is 1. The van der Waals surface area contributed by atoms with E-state index in [2.05, 4.69) is 10.0 Å². The topological polar surface area (TPSA) is 93.7 Å². The van der Waals surface area contributed by atoms with Gasteiger partial charge >= 0.3 is 0 Å². The second-order valence-corrected chi connectivity index (χ2v) is 6.94. The Morgan fingerprint density at radius 3 is 2.88 bits per heavy atom. The normalized spacial score (nSPS) is 13.6. The van der Waals surface area contributed by atoms with Crippen LogP contribution in [0.5, 0.6) is 11.5 Å². The van der Waals surface area contributed by atoms with Gasteiger partial charge in [-0.25, -0.2) is 13.1 Å². The van der Waals surface area contributed by atoms with Gasteiger partial charge in [-0.2, -0.15) is 0 Å². The van der Waals surface area contributed by atoms with E-state index in [4.69, 9.17) is 9.47 Å². The van der Waals surface area contributed by atoms with Gasteiger partial charge in [-0.05, 0) is 35.9 Å². The van der Waals surface area contributed by atoms with Crippen LogP contribution in [0.15, 0.2) is 47.4 Å². The highest BCUT2D eigenvalue weighted by Crippen LogP contribution is 2.30. The first-order valence-electron chi connectivity index (χ1n) is 7.17. The van der Waals surface area contributed by atoms with E-state index in [-0.39, 0.29) is 24.0 Å². The minimum absolute atomic E-state index is 0.0509. The van der Waals surface area contributed by atoms with E-state index in [0.717, 1.165) is 5.56 Å². The molecule has 1 amide bonds. The number of carbonyl (C=O) groups is 1. The number of rotatable bonds is 5. The molecule has 0 radical (unpaired) electrons. The van der Waals surface area contributed by atoms with Crippen LogP contribution >= 0.6 is 0 Å². The van der Waals surface area contributed by atoms with Crippen LogP contribution in [0.25, 0.3) is 0 Å². The van der Waals surface area contributed by atoms with E-state index in [9.17, 15) is 13.2 Å². The summed E-state index contributed by atoms with van der Waals surface area (Å²) >= 11 is 0. The third-order valence-electron chi connectivity index (χ3n) is 3.49. The minimum atomic E-state index is -3.73. The molecule has 0 bridgehead atoms. The molecule has 0 unspecified atom stereocenters. The van der Waals surface area contributed by atoms with Gasteiger partial charge in [0.1, 0.15) is 11.5 Å². The fraction of sp³-hybridized carbons (Fsp3) is 0.188. The average molecular weight is 348 g/mol. The number of sulfonamides is 1. The fourth-order valence-electron chi connectivity index (χ4n) is 2.27. The monoisotopic (exact) mass is 348 g/mol. The van der Waals surface area contributed by atoms with Crippen LogP contribution < -0.4 is 19.5 Å². The highest BCUT2D eigenvalue weighted by molar-refractivity contribution is 7.89. The lowest BCUT2D eigenvalue weighted by Crippen LogP contribution is -2.27. The summed E-state index contributed by atoms with van der Waals surface area (Å²) in [7, 11) is -2.18. The van der Waals surface area contributed by atoms with Crippen molar-refractivity contribution in [3.05, 3.63) is 48.0 Å². The molecule has 0 spiro atoms. The molecule has 8 heteroatoms. The lowest BCUT2D eigenvalue weighted by molar-refractivity contribution is -0.118. The minimum Gasteiger partial charge on any atom is -0.497 e. The third kappa shape index (κ3) is 3.50. The number of nitrogens with one attached hydrogen (secondary N) is 2. The van der Waals surface area contributed by atoms with Crippen LogP contribution in [0.1, 0.15) is 5.56 Å². The summed E-state index contributed by atoms with van der Waals surface area (Å²) in [4.78, 5) is 11.4. The number of hydrogen-bond donors (Lipinski definition) is 2. The molecule has 3 rings (SSSR count). The predicted molar refractivity (Wildman–Crippen MR) is 87.6 cm³/mol. The summed E-state index contributed by atoms with van der Waals surface area (Å²) in [6, 6.07) is 11.5. The average Bonchev–Trinajstić information content (AvgIpc) is 2.59. The van der Waals surface area contributed by atoms with Crippen LogP contribution in [0.3, 0.4) is 0 Å². The smallest absolute Gasteiger partial charge is 0.262 e. The summed E-state index contributed by atoms with van der Waals surface area (Å²) in [5, 5.41) is 2.59. The van der Waals surface area contributed by atoms with Gasteiger partial charge in [0.05, 0.1) is 17.7 Å². The Labute approximate surface area is 139 Å². The number of amides is 1. The maximum atomic E-state index is 12.4. The van der Waals surface area contributed by atoms with Crippen molar-refractivity contribution in [2.75, 3.05) is 19.0 Å². The molecule has 1 aliphatic rings. The van der Waals surface area contributed by atoms with Crippen molar-refractivity contribution >= 4 is 21.6 Å². The Morgan fingerprint density at radius 1 is 1.25 bits per heavy atom. The number of anilines is 1. The number of benzene rings is 2. The van der Waals surface area contributed by atoms with Crippen LogP contribution in [-0.2, 0) is 21.4 Å². The zero-order valence-corrected chi connectivity index (χ0v) is 13.7.